The largest absolute Gasteiger partial charge is 0.390 e. The predicted molar refractivity (Wildman–Crippen MR) is 128 cm³/mol. The molecular weight excluding hydrogens is 520 g/mol. The van der Waals surface area contributed by atoms with Crippen molar-refractivity contribution in [2.24, 2.45) is 0 Å². The second-order valence-corrected chi connectivity index (χ2v) is 8.62. The molecule has 2 heterocycles. The van der Waals surface area contributed by atoms with Crippen LogP contribution >= 0.6 is 23.2 Å². The molecule has 2 aromatic carbocycles. The normalized spacial score (nSPS) is 11.7. The van der Waals surface area contributed by atoms with Gasteiger partial charge in [-0.2, -0.15) is 13.2 Å². The van der Waals surface area contributed by atoms with E-state index in [4.69, 9.17) is 23.2 Å². The highest BCUT2D eigenvalue weighted by Crippen LogP contribution is 2.24. The van der Waals surface area contributed by atoms with Crippen molar-refractivity contribution < 1.29 is 18.0 Å². The summed E-state index contributed by atoms with van der Waals surface area (Å²) in [6, 6.07) is 12.9. The van der Waals surface area contributed by atoms with Crippen LogP contribution in [0.15, 0.2) is 53.3 Å². The number of aromatic nitrogens is 6. The first kappa shape index (κ1) is 25.6. The van der Waals surface area contributed by atoms with E-state index in [1.54, 1.807) is 55.5 Å². The van der Waals surface area contributed by atoms with Gasteiger partial charge in [-0.3, -0.25) is 9.36 Å². The fourth-order valence-corrected chi connectivity index (χ4v) is 3.82. The van der Waals surface area contributed by atoms with E-state index in [0.717, 1.165) is 9.25 Å². The molecule has 13 heteroatoms. The van der Waals surface area contributed by atoms with Gasteiger partial charge >= 0.3 is 11.9 Å². The summed E-state index contributed by atoms with van der Waals surface area (Å²) in [5.41, 5.74) is 0.0510. The molecule has 0 aliphatic heterocycles. The topological polar surface area (TPSA) is 87.6 Å². The Bertz CT molecular complexity index is 1460. The highest BCUT2D eigenvalue weighted by atomic mass is 35.5. The third-order valence-corrected chi connectivity index (χ3v) is 5.81. The van der Waals surface area contributed by atoms with Gasteiger partial charge in [-0.25, -0.2) is 19.1 Å². The summed E-state index contributed by atoms with van der Waals surface area (Å²) in [5, 5.41) is 9.36. The molecule has 0 aliphatic rings. The molecule has 0 aliphatic carbocycles. The van der Waals surface area contributed by atoms with E-state index in [9.17, 15) is 22.8 Å². The van der Waals surface area contributed by atoms with Crippen molar-refractivity contribution in [3.05, 3.63) is 80.7 Å². The van der Waals surface area contributed by atoms with Crippen LogP contribution in [0.1, 0.15) is 36.2 Å². The van der Waals surface area contributed by atoms with Crippen molar-refractivity contribution >= 4 is 29.0 Å². The minimum Gasteiger partial charge on any atom is -0.291 e. The lowest BCUT2D eigenvalue weighted by Crippen LogP contribution is -2.27. The second kappa shape index (κ2) is 10.3. The molecule has 0 spiro atoms. The monoisotopic (exact) mass is 538 g/mol. The number of hydrogen-bond donors (Lipinski definition) is 0. The van der Waals surface area contributed by atoms with Crippen molar-refractivity contribution in [3.63, 3.8) is 0 Å². The van der Waals surface area contributed by atoms with E-state index in [2.05, 4.69) is 15.2 Å². The number of halogens is 5. The number of ketones is 1. The Labute approximate surface area is 212 Å². The Morgan fingerprint density at radius 1 is 1.03 bits per heavy atom. The summed E-state index contributed by atoms with van der Waals surface area (Å²) in [4.78, 5) is 29.9. The molecule has 0 radical (unpaired) electrons. The first-order valence-electron chi connectivity index (χ1n) is 10.8. The average molecular weight is 539 g/mol. The van der Waals surface area contributed by atoms with Crippen molar-refractivity contribution in [3.8, 4) is 17.1 Å². The second-order valence-electron chi connectivity index (χ2n) is 7.78. The molecule has 188 valence electrons. The SMILES string of the molecule is CCC(=O)c1nc(Cn2nc(-c3ccc(Cl)cc3)n(CCC(F)(F)F)c2=O)nn1-c1ccccc1Cl. The lowest BCUT2D eigenvalue weighted by atomic mass is 10.2. The fourth-order valence-electron chi connectivity index (χ4n) is 3.48. The third kappa shape index (κ3) is 5.52. The zero-order valence-electron chi connectivity index (χ0n) is 18.8. The summed E-state index contributed by atoms with van der Waals surface area (Å²) in [6.45, 7) is 0.764. The average Bonchev–Trinajstić information content (AvgIpc) is 3.39. The van der Waals surface area contributed by atoms with Gasteiger partial charge in [-0.15, -0.1) is 10.2 Å². The molecule has 0 saturated carbocycles. The Kier molecular flexibility index (Phi) is 7.32. The maximum atomic E-state index is 13.1. The van der Waals surface area contributed by atoms with Gasteiger partial charge in [0.1, 0.15) is 6.54 Å². The lowest BCUT2D eigenvalue weighted by molar-refractivity contribution is -0.136. The molecule has 8 nitrogen and oxygen atoms in total. The van der Waals surface area contributed by atoms with Gasteiger partial charge < -0.3 is 0 Å². The predicted octanol–water partition coefficient (Wildman–Crippen LogP) is 5.19. The van der Waals surface area contributed by atoms with Crippen LogP contribution in [0.5, 0.6) is 0 Å². The highest BCUT2D eigenvalue weighted by molar-refractivity contribution is 6.32. The van der Waals surface area contributed by atoms with Crippen LogP contribution in [0, 0.1) is 0 Å². The first-order valence-corrected chi connectivity index (χ1v) is 11.6. The Morgan fingerprint density at radius 2 is 1.72 bits per heavy atom. The minimum atomic E-state index is -4.47. The zero-order chi connectivity index (χ0) is 26.0. The standard InChI is InChI=1S/C23H19Cl2F3N6O2/c1-2-18(35)21-29-19(30-34(21)17-6-4-3-5-16(17)25)13-33-22(36)32(12-11-23(26,27)28)20(31-33)14-7-9-15(24)10-8-14/h3-10H,2,11-13H2,1H3. The lowest BCUT2D eigenvalue weighted by Gasteiger charge is -2.08. The van der Waals surface area contributed by atoms with Crippen LogP contribution in [0.25, 0.3) is 17.1 Å². The van der Waals surface area contributed by atoms with Crippen LogP contribution in [-0.2, 0) is 13.1 Å². The van der Waals surface area contributed by atoms with Crippen LogP contribution in [0.2, 0.25) is 10.0 Å². The summed E-state index contributed by atoms with van der Waals surface area (Å²) in [5.74, 6) is -0.185. The molecule has 0 saturated heterocycles. The molecule has 0 amide bonds. The van der Waals surface area contributed by atoms with Crippen LogP contribution in [-0.4, -0.2) is 41.1 Å². The van der Waals surface area contributed by atoms with E-state index in [1.165, 1.54) is 4.68 Å². The van der Waals surface area contributed by atoms with Crippen molar-refractivity contribution in [2.75, 3.05) is 0 Å². The minimum absolute atomic E-state index is 0.0167. The first-order chi connectivity index (χ1) is 17.1. The molecule has 4 aromatic rings. The molecule has 0 bridgehead atoms. The van der Waals surface area contributed by atoms with Crippen molar-refractivity contribution in [2.45, 2.75) is 39.0 Å². The number of rotatable bonds is 8. The van der Waals surface area contributed by atoms with Gasteiger partial charge in [0.2, 0.25) is 0 Å². The van der Waals surface area contributed by atoms with Gasteiger partial charge in [-0.1, -0.05) is 42.3 Å². The number of carbonyl (C=O) groups excluding carboxylic acids is 1. The number of carbonyl (C=O) groups is 1. The maximum absolute atomic E-state index is 13.1. The fraction of sp³-hybridized carbons (Fsp3) is 0.261. The van der Waals surface area contributed by atoms with Gasteiger partial charge in [0.15, 0.2) is 23.3 Å². The third-order valence-electron chi connectivity index (χ3n) is 5.24. The van der Waals surface area contributed by atoms with Crippen molar-refractivity contribution in [1.29, 1.82) is 0 Å². The van der Waals surface area contributed by atoms with Crippen LogP contribution in [0.3, 0.4) is 0 Å². The highest BCUT2D eigenvalue weighted by Gasteiger charge is 2.29. The number of Topliss-reactive ketones (excluding diaryl/α,β-unsaturated/α-hetero) is 1. The maximum Gasteiger partial charge on any atom is 0.390 e. The van der Waals surface area contributed by atoms with Gasteiger partial charge in [0.25, 0.3) is 0 Å². The number of para-hydroxylation sites is 1. The summed E-state index contributed by atoms with van der Waals surface area (Å²) < 4.78 is 42.0. The molecule has 4 rings (SSSR count). The molecular formula is C23H19Cl2F3N6O2. The van der Waals surface area contributed by atoms with Gasteiger partial charge in [0, 0.05) is 23.6 Å². The molecule has 36 heavy (non-hydrogen) atoms. The summed E-state index contributed by atoms with van der Waals surface area (Å²) in [6.07, 6.45) is -5.54. The van der Waals surface area contributed by atoms with Crippen LogP contribution in [0.4, 0.5) is 13.2 Å². The quantitative estimate of drug-likeness (QED) is 0.288. The van der Waals surface area contributed by atoms with E-state index in [0.29, 0.717) is 21.3 Å². The number of hydrogen-bond acceptors (Lipinski definition) is 5. The molecule has 0 N–H and O–H groups in total. The summed E-state index contributed by atoms with van der Waals surface area (Å²) in [7, 11) is 0. The number of nitrogens with zero attached hydrogens (tertiary/aromatic N) is 6. The molecule has 2 aromatic heterocycles. The number of alkyl halides is 3. The Hall–Kier alpha value is -3.44. The Morgan fingerprint density at radius 3 is 2.36 bits per heavy atom. The summed E-state index contributed by atoms with van der Waals surface area (Å²) >= 11 is 12.2. The van der Waals surface area contributed by atoms with E-state index in [1.807, 2.05) is 0 Å². The van der Waals surface area contributed by atoms with E-state index < -0.39 is 24.8 Å². The van der Waals surface area contributed by atoms with Crippen LogP contribution < -0.4 is 5.69 Å². The van der Waals surface area contributed by atoms with Crippen molar-refractivity contribution in [1.82, 2.24) is 29.1 Å². The van der Waals surface area contributed by atoms with E-state index >= 15 is 0 Å². The number of benzene rings is 2. The Balaban J connectivity index is 1.77. The van der Waals surface area contributed by atoms with Gasteiger partial charge in [0.05, 0.1) is 17.1 Å². The van der Waals surface area contributed by atoms with Gasteiger partial charge in [-0.05, 0) is 36.4 Å². The zero-order valence-corrected chi connectivity index (χ0v) is 20.3. The molecule has 0 unspecified atom stereocenters. The smallest absolute Gasteiger partial charge is 0.291 e. The molecule has 0 atom stereocenters. The molecule has 0 fully saturated rings. The van der Waals surface area contributed by atoms with E-state index in [-0.39, 0.29) is 36.2 Å².